The average Bonchev–Trinajstić information content (AvgIpc) is 3.41. The predicted molar refractivity (Wildman–Crippen MR) is 108 cm³/mol. The van der Waals surface area contributed by atoms with E-state index in [2.05, 4.69) is 15.5 Å². The van der Waals surface area contributed by atoms with Gasteiger partial charge >= 0.3 is 5.97 Å². The SMILES string of the molecule is COC(=O)c1ccccc1N(C)C(=O)CSc1nnc(NCc2ccco2)s1. The lowest BCUT2D eigenvalue weighted by Gasteiger charge is -2.19. The summed E-state index contributed by atoms with van der Waals surface area (Å²) in [7, 11) is 2.94. The van der Waals surface area contributed by atoms with Crippen LogP contribution >= 0.6 is 23.1 Å². The van der Waals surface area contributed by atoms with E-state index in [1.807, 2.05) is 12.1 Å². The van der Waals surface area contributed by atoms with Gasteiger partial charge in [-0.1, -0.05) is 35.2 Å². The van der Waals surface area contributed by atoms with E-state index >= 15 is 0 Å². The Bertz CT molecular complexity index is 943. The summed E-state index contributed by atoms with van der Waals surface area (Å²) in [5.41, 5.74) is 0.837. The second-order valence-corrected chi connectivity index (χ2v) is 7.76. The molecule has 2 heterocycles. The number of rotatable bonds is 8. The summed E-state index contributed by atoms with van der Waals surface area (Å²) in [5.74, 6) is 0.310. The molecular formula is C18H18N4O4S2. The number of hydrogen-bond acceptors (Lipinski definition) is 9. The Balaban J connectivity index is 1.56. The van der Waals surface area contributed by atoms with Crippen LogP contribution in [0.4, 0.5) is 10.8 Å². The van der Waals surface area contributed by atoms with Crippen molar-refractivity contribution in [1.82, 2.24) is 10.2 Å². The van der Waals surface area contributed by atoms with Crippen LogP contribution in [0.25, 0.3) is 0 Å². The molecule has 1 aromatic carbocycles. The van der Waals surface area contributed by atoms with Crippen molar-refractivity contribution < 1.29 is 18.7 Å². The van der Waals surface area contributed by atoms with Gasteiger partial charge in [-0.2, -0.15) is 0 Å². The summed E-state index contributed by atoms with van der Waals surface area (Å²) in [6.07, 6.45) is 1.61. The molecule has 0 atom stereocenters. The van der Waals surface area contributed by atoms with Gasteiger partial charge in [0.05, 0.1) is 36.9 Å². The van der Waals surface area contributed by atoms with Gasteiger partial charge < -0.3 is 19.4 Å². The molecule has 2 aromatic heterocycles. The first kappa shape index (κ1) is 19.9. The van der Waals surface area contributed by atoms with Crippen LogP contribution in [0.15, 0.2) is 51.4 Å². The van der Waals surface area contributed by atoms with Gasteiger partial charge in [-0.15, -0.1) is 10.2 Å². The average molecular weight is 419 g/mol. The number of carbonyl (C=O) groups excluding carboxylic acids is 2. The summed E-state index contributed by atoms with van der Waals surface area (Å²) in [6.45, 7) is 0.512. The number of ether oxygens (including phenoxy) is 1. The molecule has 1 amide bonds. The Morgan fingerprint density at radius 1 is 1.25 bits per heavy atom. The molecule has 0 saturated heterocycles. The van der Waals surface area contributed by atoms with Gasteiger partial charge in [0.15, 0.2) is 4.34 Å². The number of para-hydroxylation sites is 1. The first-order valence-electron chi connectivity index (χ1n) is 8.25. The Hall–Kier alpha value is -2.85. The highest BCUT2D eigenvalue weighted by Crippen LogP contribution is 2.27. The molecule has 0 spiro atoms. The zero-order chi connectivity index (χ0) is 19.9. The maximum Gasteiger partial charge on any atom is 0.339 e. The summed E-state index contributed by atoms with van der Waals surface area (Å²) < 4.78 is 10.7. The van der Waals surface area contributed by atoms with Gasteiger partial charge in [-0.25, -0.2) is 4.79 Å². The van der Waals surface area contributed by atoms with E-state index in [0.717, 1.165) is 5.76 Å². The lowest BCUT2D eigenvalue weighted by atomic mass is 10.1. The molecule has 0 radical (unpaired) electrons. The van der Waals surface area contributed by atoms with Crippen LogP contribution in [0.1, 0.15) is 16.1 Å². The number of aromatic nitrogens is 2. The fraction of sp³-hybridized carbons (Fsp3) is 0.222. The molecule has 0 aliphatic rings. The third kappa shape index (κ3) is 4.90. The Kier molecular flexibility index (Phi) is 6.66. The molecule has 3 rings (SSSR count). The van der Waals surface area contributed by atoms with Crippen LogP contribution in [-0.2, 0) is 16.1 Å². The first-order valence-corrected chi connectivity index (χ1v) is 10.0. The van der Waals surface area contributed by atoms with Crippen LogP contribution in [-0.4, -0.2) is 42.0 Å². The normalized spacial score (nSPS) is 10.5. The number of furan rings is 1. The van der Waals surface area contributed by atoms with Crippen molar-refractivity contribution in [2.75, 3.05) is 30.1 Å². The van der Waals surface area contributed by atoms with E-state index in [-0.39, 0.29) is 11.7 Å². The van der Waals surface area contributed by atoms with Gasteiger partial charge in [-0.05, 0) is 24.3 Å². The Morgan fingerprint density at radius 2 is 2.07 bits per heavy atom. The zero-order valence-electron chi connectivity index (χ0n) is 15.2. The van der Waals surface area contributed by atoms with Gasteiger partial charge in [0.25, 0.3) is 0 Å². The van der Waals surface area contributed by atoms with Crippen molar-refractivity contribution in [1.29, 1.82) is 0 Å². The molecule has 0 fully saturated rings. The van der Waals surface area contributed by atoms with Crippen molar-refractivity contribution in [2.45, 2.75) is 10.9 Å². The monoisotopic (exact) mass is 418 g/mol. The molecular weight excluding hydrogens is 400 g/mol. The van der Waals surface area contributed by atoms with Crippen molar-refractivity contribution in [3.63, 3.8) is 0 Å². The third-order valence-corrected chi connectivity index (χ3v) is 5.76. The van der Waals surface area contributed by atoms with Gasteiger partial charge in [0, 0.05) is 7.05 Å². The number of nitrogens with one attached hydrogen (secondary N) is 1. The quantitative estimate of drug-likeness (QED) is 0.440. The minimum atomic E-state index is -0.487. The minimum Gasteiger partial charge on any atom is -0.467 e. The summed E-state index contributed by atoms with van der Waals surface area (Å²) in [5, 5.41) is 11.9. The van der Waals surface area contributed by atoms with E-state index in [1.54, 1.807) is 37.6 Å². The number of nitrogens with zero attached hydrogens (tertiary/aromatic N) is 3. The van der Waals surface area contributed by atoms with Crippen LogP contribution in [0, 0.1) is 0 Å². The number of benzene rings is 1. The Labute approximate surface area is 169 Å². The zero-order valence-corrected chi connectivity index (χ0v) is 16.9. The maximum atomic E-state index is 12.5. The predicted octanol–water partition coefficient (Wildman–Crippen LogP) is 3.28. The lowest BCUT2D eigenvalue weighted by molar-refractivity contribution is -0.115. The van der Waals surface area contributed by atoms with E-state index in [0.29, 0.717) is 27.3 Å². The van der Waals surface area contributed by atoms with Crippen LogP contribution in [0.3, 0.4) is 0 Å². The van der Waals surface area contributed by atoms with E-state index in [4.69, 9.17) is 9.15 Å². The fourth-order valence-electron chi connectivity index (χ4n) is 2.32. The summed E-state index contributed by atoms with van der Waals surface area (Å²) >= 11 is 2.65. The third-order valence-electron chi connectivity index (χ3n) is 3.76. The summed E-state index contributed by atoms with van der Waals surface area (Å²) in [4.78, 5) is 25.9. The number of methoxy groups -OCH3 is 1. The second-order valence-electron chi connectivity index (χ2n) is 5.56. The number of esters is 1. The topological polar surface area (TPSA) is 97.6 Å². The molecule has 0 saturated carbocycles. The standard InChI is InChI=1S/C18H18N4O4S2/c1-22(14-8-4-3-7-13(14)16(24)25-2)15(23)11-27-18-21-20-17(28-18)19-10-12-6-5-9-26-12/h3-9H,10-11H2,1-2H3,(H,19,20). The number of thioether (sulfide) groups is 1. The van der Waals surface area contributed by atoms with Crippen molar-refractivity contribution in [2.24, 2.45) is 0 Å². The molecule has 0 aliphatic heterocycles. The molecule has 10 heteroatoms. The molecule has 0 unspecified atom stereocenters. The molecule has 3 aromatic rings. The van der Waals surface area contributed by atoms with Crippen molar-refractivity contribution in [3.8, 4) is 0 Å². The molecule has 28 heavy (non-hydrogen) atoms. The fourth-order valence-corrected chi connectivity index (χ4v) is 3.98. The van der Waals surface area contributed by atoms with Gasteiger partial charge in [-0.3, -0.25) is 4.79 Å². The Morgan fingerprint density at radius 3 is 2.82 bits per heavy atom. The highest BCUT2D eigenvalue weighted by Gasteiger charge is 2.19. The van der Waals surface area contributed by atoms with Crippen molar-refractivity contribution >= 4 is 45.8 Å². The lowest BCUT2D eigenvalue weighted by Crippen LogP contribution is -2.29. The van der Waals surface area contributed by atoms with Gasteiger partial charge in [0.2, 0.25) is 11.0 Å². The number of hydrogen-bond donors (Lipinski definition) is 1. The van der Waals surface area contributed by atoms with E-state index in [1.165, 1.54) is 35.1 Å². The molecule has 8 nitrogen and oxygen atoms in total. The summed E-state index contributed by atoms with van der Waals surface area (Å²) in [6, 6.07) is 10.5. The molecule has 1 N–H and O–H groups in total. The highest BCUT2D eigenvalue weighted by molar-refractivity contribution is 8.01. The number of anilines is 2. The van der Waals surface area contributed by atoms with Crippen LogP contribution < -0.4 is 10.2 Å². The molecule has 0 aliphatic carbocycles. The largest absolute Gasteiger partial charge is 0.467 e. The number of amides is 1. The highest BCUT2D eigenvalue weighted by atomic mass is 32.2. The maximum absolute atomic E-state index is 12.5. The molecule has 146 valence electrons. The van der Waals surface area contributed by atoms with E-state index < -0.39 is 5.97 Å². The molecule has 0 bridgehead atoms. The van der Waals surface area contributed by atoms with Crippen LogP contribution in [0.5, 0.6) is 0 Å². The van der Waals surface area contributed by atoms with Crippen molar-refractivity contribution in [3.05, 3.63) is 54.0 Å². The van der Waals surface area contributed by atoms with Crippen LogP contribution in [0.2, 0.25) is 0 Å². The smallest absolute Gasteiger partial charge is 0.339 e. The second kappa shape index (κ2) is 9.38. The van der Waals surface area contributed by atoms with E-state index in [9.17, 15) is 9.59 Å². The number of carbonyl (C=O) groups is 2. The minimum absolute atomic E-state index is 0.165. The van der Waals surface area contributed by atoms with Gasteiger partial charge in [0.1, 0.15) is 5.76 Å². The first-order chi connectivity index (χ1) is 13.6.